The van der Waals surface area contributed by atoms with E-state index in [9.17, 15) is 5.26 Å². The minimum atomic E-state index is 0.388. The molecule has 0 spiro atoms. The molecule has 2 aromatic heterocycles. The van der Waals surface area contributed by atoms with E-state index in [2.05, 4.69) is 37.3 Å². The molecule has 6 heteroatoms. The molecule has 22 heavy (non-hydrogen) atoms. The minimum absolute atomic E-state index is 0.388. The fourth-order valence-electron chi connectivity index (χ4n) is 2.89. The van der Waals surface area contributed by atoms with Crippen molar-refractivity contribution in [1.82, 2.24) is 19.4 Å². The third-order valence-electron chi connectivity index (χ3n) is 4.24. The third-order valence-corrected chi connectivity index (χ3v) is 4.24. The molecule has 3 heterocycles. The molecule has 3 rings (SSSR count). The average molecular weight is 296 g/mol. The van der Waals surface area contributed by atoms with Gasteiger partial charge in [-0.3, -0.25) is 4.90 Å². The van der Waals surface area contributed by atoms with Crippen LogP contribution in [0.15, 0.2) is 30.7 Å². The normalized spacial score (nSPS) is 19.1. The Labute approximate surface area is 130 Å². The molecule has 0 radical (unpaired) electrons. The van der Waals surface area contributed by atoms with E-state index in [0.29, 0.717) is 11.6 Å². The lowest BCUT2D eigenvalue weighted by atomic mass is 10.1. The van der Waals surface area contributed by atoms with E-state index in [-0.39, 0.29) is 0 Å². The van der Waals surface area contributed by atoms with Gasteiger partial charge in [-0.05, 0) is 19.1 Å². The molecular formula is C16H20N6. The molecule has 0 saturated carbocycles. The van der Waals surface area contributed by atoms with Crippen molar-refractivity contribution in [1.29, 1.82) is 5.26 Å². The number of imidazole rings is 1. The van der Waals surface area contributed by atoms with Crippen LogP contribution in [0.3, 0.4) is 0 Å². The van der Waals surface area contributed by atoms with Crippen LogP contribution in [0, 0.1) is 11.3 Å². The molecule has 114 valence electrons. The van der Waals surface area contributed by atoms with Gasteiger partial charge in [0.1, 0.15) is 17.7 Å². The molecule has 0 N–H and O–H groups in total. The van der Waals surface area contributed by atoms with Gasteiger partial charge in [0.25, 0.3) is 0 Å². The van der Waals surface area contributed by atoms with Crippen molar-refractivity contribution in [3.8, 4) is 6.07 Å². The lowest BCUT2D eigenvalue weighted by Crippen LogP contribution is -2.52. The number of nitriles is 1. The Morgan fingerprint density at radius 1 is 1.32 bits per heavy atom. The maximum Gasteiger partial charge on any atom is 0.146 e. The highest BCUT2D eigenvalue weighted by molar-refractivity contribution is 5.53. The maximum atomic E-state index is 9.23. The van der Waals surface area contributed by atoms with E-state index in [0.717, 1.165) is 37.8 Å². The summed E-state index contributed by atoms with van der Waals surface area (Å²) in [5.41, 5.74) is 0.646. The fourth-order valence-corrected chi connectivity index (χ4v) is 2.89. The largest absolute Gasteiger partial charge is 0.353 e. The molecule has 1 aliphatic rings. The number of aryl methyl sites for hydroxylation is 1. The SMILES string of the molecule is C[C@H]1CN(c2ncccc2C#N)CCN1Cc1nccn1C. The number of anilines is 1. The number of hydrogen-bond acceptors (Lipinski definition) is 5. The van der Waals surface area contributed by atoms with Crippen LogP contribution in [-0.2, 0) is 13.6 Å². The standard InChI is InChI=1S/C16H20N6/c1-13-11-22(16-14(10-17)4-3-5-19-16)9-8-21(13)12-15-18-6-7-20(15)2/h3-7,13H,8-9,11-12H2,1-2H3/t13-/m0/s1. The molecule has 1 fully saturated rings. The van der Waals surface area contributed by atoms with Gasteiger partial charge in [-0.1, -0.05) is 0 Å². The lowest BCUT2D eigenvalue weighted by molar-refractivity contribution is 0.174. The molecule has 0 aromatic carbocycles. The zero-order valence-electron chi connectivity index (χ0n) is 13.0. The minimum Gasteiger partial charge on any atom is -0.353 e. The number of rotatable bonds is 3. The Morgan fingerprint density at radius 2 is 2.18 bits per heavy atom. The summed E-state index contributed by atoms with van der Waals surface area (Å²) in [7, 11) is 2.02. The summed E-state index contributed by atoms with van der Waals surface area (Å²) in [6.07, 6.45) is 5.56. The second-order valence-corrected chi connectivity index (χ2v) is 5.71. The predicted octanol–water partition coefficient (Wildman–Crippen LogP) is 1.40. The van der Waals surface area contributed by atoms with Crippen molar-refractivity contribution in [2.45, 2.75) is 19.5 Å². The highest BCUT2D eigenvalue weighted by Crippen LogP contribution is 2.21. The van der Waals surface area contributed by atoms with E-state index in [4.69, 9.17) is 0 Å². The predicted molar refractivity (Wildman–Crippen MR) is 84.2 cm³/mol. The van der Waals surface area contributed by atoms with Crippen LogP contribution in [0.2, 0.25) is 0 Å². The molecule has 0 amide bonds. The highest BCUT2D eigenvalue weighted by Gasteiger charge is 2.26. The molecular weight excluding hydrogens is 276 g/mol. The maximum absolute atomic E-state index is 9.23. The van der Waals surface area contributed by atoms with Gasteiger partial charge >= 0.3 is 0 Å². The number of pyridine rings is 1. The van der Waals surface area contributed by atoms with Gasteiger partial charge in [-0.25, -0.2) is 9.97 Å². The first-order valence-corrected chi connectivity index (χ1v) is 7.49. The van der Waals surface area contributed by atoms with Crippen LogP contribution >= 0.6 is 0 Å². The molecule has 1 atom stereocenters. The lowest BCUT2D eigenvalue weighted by Gasteiger charge is -2.40. The second kappa shape index (κ2) is 6.16. The van der Waals surface area contributed by atoms with Crippen LogP contribution in [0.4, 0.5) is 5.82 Å². The Bertz CT molecular complexity index is 686. The zero-order chi connectivity index (χ0) is 15.5. The summed E-state index contributed by atoms with van der Waals surface area (Å²) >= 11 is 0. The summed E-state index contributed by atoms with van der Waals surface area (Å²) in [5.74, 6) is 1.88. The Kier molecular flexibility index (Phi) is 4.07. The second-order valence-electron chi connectivity index (χ2n) is 5.71. The molecule has 0 unspecified atom stereocenters. The molecule has 1 saturated heterocycles. The summed E-state index contributed by atoms with van der Waals surface area (Å²) < 4.78 is 2.06. The van der Waals surface area contributed by atoms with E-state index in [1.54, 1.807) is 6.20 Å². The summed E-state index contributed by atoms with van der Waals surface area (Å²) in [4.78, 5) is 13.4. The monoisotopic (exact) mass is 296 g/mol. The van der Waals surface area contributed by atoms with Gasteiger partial charge in [0.15, 0.2) is 0 Å². The van der Waals surface area contributed by atoms with Crippen LogP contribution in [0.25, 0.3) is 0 Å². The average Bonchev–Trinajstić information content (AvgIpc) is 2.94. The quantitative estimate of drug-likeness (QED) is 0.857. The van der Waals surface area contributed by atoms with E-state index in [1.807, 2.05) is 31.6 Å². The summed E-state index contributed by atoms with van der Waals surface area (Å²) in [6, 6.07) is 6.25. The number of aromatic nitrogens is 3. The van der Waals surface area contributed by atoms with Gasteiger partial charge in [0.05, 0.1) is 12.1 Å². The molecule has 0 bridgehead atoms. The van der Waals surface area contributed by atoms with Crippen molar-refractivity contribution in [2.24, 2.45) is 7.05 Å². The smallest absolute Gasteiger partial charge is 0.146 e. The third kappa shape index (κ3) is 2.81. The van der Waals surface area contributed by atoms with Crippen LogP contribution in [0.5, 0.6) is 0 Å². The summed E-state index contributed by atoms with van der Waals surface area (Å²) in [5, 5.41) is 9.23. The van der Waals surface area contributed by atoms with Gasteiger partial charge in [-0.15, -0.1) is 0 Å². The topological polar surface area (TPSA) is 61.0 Å². The Hall–Kier alpha value is -2.39. The number of hydrogen-bond donors (Lipinski definition) is 0. The fraction of sp³-hybridized carbons (Fsp3) is 0.438. The van der Waals surface area contributed by atoms with Crippen molar-refractivity contribution >= 4 is 5.82 Å². The van der Waals surface area contributed by atoms with E-state index >= 15 is 0 Å². The Morgan fingerprint density at radius 3 is 2.86 bits per heavy atom. The zero-order valence-corrected chi connectivity index (χ0v) is 13.0. The van der Waals surface area contributed by atoms with Crippen LogP contribution in [0.1, 0.15) is 18.3 Å². The molecule has 6 nitrogen and oxygen atoms in total. The molecule has 2 aromatic rings. The summed E-state index contributed by atoms with van der Waals surface area (Å²) in [6.45, 7) is 5.75. The van der Waals surface area contributed by atoms with Crippen molar-refractivity contribution in [3.05, 3.63) is 42.1 Å². The Balaban J connectivity index is 1.70. The van der Waals surface area contributed by atoms with Crippen molar-refractivity contribution in [2.75, 3.05) is 24.5 Å². The van der Waals surface area contributed by atoms with E-state index in [1.165, 1.54) is 0 Å². The highest BCUT2D eigenvalue weighted by atomic mass is 15.3. The van der Waals surface area contributed by atoms with E-state index < -0.39 is 0 Å². The van der Waals surface area contributed by atoms with Gasteiger partial charge in [0, 0.05) is 51.3 Å². The van der Waals surface area contributed by atoms with Gasteiger partial charge < -0.3 is 9.47 Å². The van der Waals surface area contributed by atoms with Gasteiger partial charge in [-0.2, -0.15) is 5.26 Å². The van der Waals surface area contributed by atoms with Crippen molar-refractivity contribution < 1.29 is 0 Å². The number of nitrogens with zero attached hydrogens (tertiary/aromatic N) is 6. The van der Waals surface area contributed by atoms with Crippen LogP contribution in [-0.4, -0.2) is 45.1 Å². The van der Waals surface area contributed by atoms with Crippen LogP contribution < -0.4 is 4.90 Å². The van der Waals surface area contributed by atoms with Gasteiger partial charge in [0.2, 0.25) is 0 Å². The number of piperazine rings is 1. The molecule has 1 aliphatic heterocycles. The van der Waals surface area contributed by atoms with Crippen molar-refractivity contribution in [3.63, 3.8) is 0 Å². The first-order valence-electron chi connectivity index (χ1n) is 7.49. The first-order chi connectivity index (χ1) is 10.7. The molecule has 0 aliphatic carbocycles. The first kappa shape index (κ1) is 14.5.